The van der Waals surface area contributed by atoms with Gasteiger partial charge in [-0.15, -0.1) is 0 Å². The van der Waals surface area contributed by atoms with Gasteiger partial charge in [-0.3, -0.25) is 9.59 Å². The molecule has 0 bridgehead atoms. The van der Waals surface area contributed by atoms with E-state index in [0.29, 0.717) is 18.6 Å². The van der Waals surface area contributed by atoms with Gasteiger partial charge in [0.1, 0.15) is 11.5 Å². The van der Waals surface area contributed by atoms with Crippen LogP contribution in [0, 0.1) is 11.3 Å². The van der Waals surface area contributed by atoms with Crippen LogP contribution in [0.2, 0.25) is 0 Å². The quantitative estimate of drug-likeness (QED) is 0.725. The van der Waals surface area contributed by atoms with Gasteiger partial charge in [-0.1, -0.05) is 6.92 Å². The summed E-state index contributed by atoms with van der Waals surface area (Å²) < 4.78 is 5.28. The number of rotatable bonds is 1. The normalized spacial score (nSPS) is 33.5. The lowest BCUT2D eigenvalue weighted by Crippen LogP contribution is -2.46. The third kappa shape index (κ3) is 1.97. The van der Waals surface area contributed by atoms with Gasteiger partial charge in [-0.05, 0) is 49.5 Å². The van der Waals surface area contributed by atoms with Crippen molar-refractivity contribution < 1.29 is 14.0 Å². The van der Waals surface area contributed by atoms with Crippen LogP contribution < -0.4 is 0 Å². The van der Waals surface area contributed by atoms with Crippen LogP contribution in [0.1, 0.15) is 44.8 Å². The summed E-state index contributed by atoms with van der Waals surface area (Å²) in [7, 11) is 0. The summed E-state index contributed by atoms with van der Waals surface area (Å²) in [5.41, 5.74) is 0.329. The second kappa shape index (κ2) is 4.48. The highest BCUT2D eigenvalue weighted by atomic mass is 16.3. The molecule has 0 radical (unpaired) electrons. The summed E-state index contributed by atoms with van der Waals surface area (Å²) in [6.45, 7) is 1.96. The van der Waals surface area contributed by atoms with Crippen molar-refractivity contribution in [3.63, 3.8) is 0 Å². The van der Waals surface area contributed by atoms with E-state index in [1.165, 1.54) is 0 Å². The maximum atomic E-state index is 12.7. The van der Waals surface area contributed by atoms with E-state index in [-0.39, 0.29) is 17.5 Å². The zero-order valence-electron chi connectivity index (χ0n) is 11.1. The molecule has 0 aromatic carbocycles. The molecule has 0 spiro atoms. The van der Waals surface area contributed by atoms with Crippen LogP contribution in [0.3, 0.4) is 0 Å². The summed E-state index contributed by atoms with van der Waals surface area (Å²) in [5, 5.41) is 0. The SMILES string of the molecule is CC12CCCC(=O)C1CC/C(=C\c1ccco1)C2=O. The largest absolute Gasteiger partial charge is 0.465 e. The molecule has 2 aliphatic carbocycles. The summed E-state index contributed by atoms with van der Waals surface area (Å²) in [6.07, 6.45) is 7.24. The van der Waals surface area contributed by atoms with E-state index in [1.807, 2.05) is 25.1 Å². The third-order valence-corrected chi connectivity index (χ3v) is 4.65. The molecule has 100 valence electrons. The first kappa shape index (κ1) is 12.4. The van der Waals surface area contributed by atoms with E-state index in [9.17, 15) is 9.59 Å². The average Bonchev–Trinajstić information content (AvgIpc) is 2.87. The smallest absolute Gasteiger partial charge is 0.165 e. The number of allylic oxidation sites excluding steroid dienone is 1. The molecule has 0 amide bonds. The first-order valence-corrected chi connectivity index (χ1v) is 6.93. The maximum Gasteiger partial charge on any atom is 0.165 e. The Morgan fingerprint density at radius 2 is 2.21 bits per heavy atom. The molecule has 0 aliphatic heterocycles. The maximum absolute atomic E-state index is 12.7. The molecule has 0 N–H and O–H groups in total. The Kier molecular flexibility index (Phi) is 2.92. The fourth-order valence-electron chi connectivity index (χ4n) is 3.55. The monoisotopic (exact) mass is 258 g/mol. The van der Waals surface area contributed by atoms with Crippen LogP contribution in [0.5, 0.6) is 0 Å². The highest BCUT2D eigenvalue weighted by Crippen LogP contribution is 2.48. The van der Waals surface area contributed by atoms with E-state index in [0.717, 1.165) is 24.8 Å². The van der Waals surface area contributed by atoms with Crippen LogP contribution in [0.4, 0.5) is 0 Å². The van der Waals surface area contributed by atoms with E-state index in [2.05, 4.69) is 0 Å². The molecule has 0 saturated heterocycles. The van der Waals surface area contributed by atoms with Crippen molar-refractivity contribution in [2.45, 2.75) is 39.0 Å². The van der Waals surface area contributed by atoms with Gasteiger partial charge in [0.2, 0.25) is 0 Å². The standard InChI is InChI=1S/C16H18O3/c1-16-8-2-5-14(17)13(16)7-6-11(15(16)18)10-12-4-3-9-19-12/h3-4,9-10,13H,2,5-8H2,1H3/b11-10+. The highest BCUT2D eigenvalue weighted by molar-refractivity contribution is 6.07. The summed E-state index contributed by atoms with van der Waals surface area (Å²) in [5.74, 6) is 1.07. The minimum Gasteiger partial charge on any atom is -0.465 e. The lowest BCUT2D eigenvalue weighted by atomic mass is 9.58. The summed E-state index contributed by atoms with van der Waals surface area (Å²) in [6, 6.07) is 3.66. The fourth-order valence-corrected chi connectivity index (χ4v) is 3.55. The van der Waals surface area contributed by atoms with Gasteiger partial charge in [0.15, 0.2) is 5.78 Å². The van der Waals surface area contributed by atoms with Gasteiger partial charge >= 0.3 is 0 Å². The third-order valence-electron chi connectivity index (χ3n) is 4.65. The molecule has 2 saturated carbocycles. The Balaban J connectivity index is 1.93. The van der Waals surface area contributed by atoms with Crippen LogP contribution in [-0.2, 0) is 9.59 Å². The molecular formula is C16H18O3. The molecule has 3 nitrogen and oxygen atoms in total. The number of fused-ring (bicyclic) bond motifs is 1. The molecule has 3 heteroatoms. The molecule has 2 atom stereocenters. The predicted octanol–water partition coefficient (Wildman–Crippen LogP) is 3.40. The molecule has 3 rings (SSSR count). The molecule has 2 unspecified atom stereocenters. The number of hydrogen-bond donors (Lipinski definition) is 0. The Bertz CT molecular complexity index is 538. The van der Waals surface area contributed by atoms with Crippen molar-refractivity contribution in [2.75, 3.05) is 0 Å². The number of hydrogen-bond acceptors (Lipinski definition) is 3. The zero-order valence-corrected chi connectivity index (χ0v) is 11.1. The number of carbonyl (C=O) groups is 2. The van der Waals surface area contributed by atoms with Crippen LogP contribution in [0.15, 0.2) is 28.4 Å². The van der Waals surface area contributed by atoms with Crippen LogP contribution in [-0.4, -0.2) is 11.6 Å². The fraction of sp³-hybridized carbons (Fsp3) is 0.500. The number of Topliss-reactive ketones (excluding diaryl/α,β-unsaturated/α-hetero) is 2. The van der Waals surface area contributed by atoms with Gasteiger partial charge < -0.3 is 4.42 Å². The number of carbonyl (C=O) groups excluding carboxylic acids is 2. The summed E-state index contributed by atoms with van der Waals surface area (Å²) >= 11 is 0. The van der Waals surface area contributed by atoms with Gasteiger partial charge in [-0.2, -0.15) is 0 Å². The average molecular weight is 258 g/mol. The minimum atomic E-state index is -0.480. The Morgan fingerprint density at radius 1 is 1.37 bits per heavy atom. The molecule has 1 heterocycles. The lowest BCUT2D eigenvalue weighted by molar-refractivity contribution is -0.142. The van der Waals surface area contributed by atoms with Crippen molar-refractivity contribution in [3.8, 4) is 0 Å². The molecule has 19 heavy (non-hydrogen) atoms. The van der Waals surface area contributed by atoms with Gasteiger partial charge in [-0.25, -0.2) is 0 Å². The Labute approximate surface area is 112 Å². The lowest BCUT2D eigenvalue weighted by Gasteiger charge is -2.43. The Hall–Kier alpha value is -1.64. The molecular weight excluding hydrogens is 240 g/mol. The second-order valence-corrected chi connectivity index (χ2v) is 5.84. The zero-order chi connectivity index (χ0) is 13.5. The Morgan fingerprint density at radius 3 is 2.95 bits per heavy atom. The van der Waals surface area contributed by atoms with Crippen molar-refractivity contribution in [1.82, 2.24) is 0 Å². The van der Waals surface area contributed by atoms with Crippen molar-refractivity contribution in [3.05, 3.63) is 29.7 Å². The van der Waals surface area contributed by atoms with E-state index < -0.39 is 5.41 Å². The molecule has 1 aromatic heterocycles. The molecule has 1 aromatic rings. The van der Waals surface area contributed by atoms with Gasteiger partial charge in [0, 0.05) is 17.8 Å². The van der Waals surface area contributed by atoms with Gasteiger partial charge in [0.05, 0.1) is 6.26 Å². The number of furan rings is 1. The molecule has 2 aliphatic rings. The van der Waals surface area contributed by atoms with E-state index in [1.54, 1.807) is 6.26 Å². The van der Waals surface area contributed by atoms with E-state index in [4.69, 9.17) is 4.42 Å². The van der Waals surface area contributed by atoms with Gasteiger partial charge in [0.25, 0.3) is 0 Å². The van der Waals surface area contributed by atoms with Crippen LogP contribution >= 0.6 is 0 Å². The first-order valence-electron chi connectivity index (χ1n) is 6.93. The minimum absolute atomic E-state index is 0.0671. The van der Waals surface area contributed by atoms with Crippen LogP contribution in [0.25, 0.3) is 6.08 Å². The second-order valence-electron chi connectivity index (χ2n) is 5.84. The topological polar surface area (TPSA) is 47.3 Å². The molecule has 2 fully saturated rings. The first-order chi connectivity index (χ1) is 9.11. The van der Waals surface area contributed by atoms with Crippen molar-refractivity contribution in [1.29, 1.82) is 0 Å². The van der Waals surface area contributed by atoms with E-state index >= 15 is 0 Å². The van der Waals surface area contributed by atoms with Crippen molar-refractivity contribution in [2.24, 2.45) is 11.3 Å². The highest BCUT2D eigenvalue weighted by Gasteiger charge is 2.50. The summed E-state index contributed by atoms with van der Waals surface area (Å²) in [4.78, 5) is 24.7. The van der Waals surface area contributed by atoms with Crippen molar-refractivity contribution >= 4 is 17.6 Å². The number of ketones is 2. The predicted molar refractivity (Wildman–Crippen MR) is 71.4 cm³/mol.